The van der Waals surface area contributed by atoms with Crippen LogP contribution in [0, 0.1) is 0 Å². The molecule has 0 radical (unpaired) electrons. The van der Waals surface area contributed by atoms with Crippen LogP contribution in [0.5, 0.6) is 0 Å². The van der Waals surface area contributed by atoms with Gasteiger partial charge in [-0.2, -0.15) is 0 Å². The van der Waals surface area contributed by atoms with Gasteiger partial charge in [-0.15, -0.1) is 0 Å². The van der Waals surface area contributed by atoms with Crippen molar-refractivity contribution in [3.05, 3.63) is 126 Å². The van der Waals surface area contributed by atoms with Crippen LogP contribution in [0.25, 0.3) is 33.3 Å². The van der Waals surface area contributed by atoms with Gasteiger partial charge in [0.25, 0.3) is 5.91 Å². The van der Waals surface area contributed by atoms with Gasteiger partial charge in [-0.25, -0.2) is 19.6 Å². The number of hydrogen-bond donors (Lipinski definition) is 13. The molecule has 0 saturated carbocycles. The summed E-state index contributed by atoms with van der Waals surface area (Å²) in [7, 11) is 0. The Morgan fingerprint density at radius 1 is 0.488 bits per heavy atom. The number of aliphatic imine (C=N–C) groups is 4. The monoisotopic (exact) mass is 1150 g/mol. The molecule has 0 fully saturated rings. The topological polar surface area (TPSA) is 477 Å². The number of carbonyl (C=O) groups excluding carboxylic acids is 6. The third-order valence-electron chi connectivity index (χ3n) is 12.5. The molecule has 0 bridgehead atoms. The summed E-state index contributed by atoms with van der Waals surface area (Å²) >= 11 is 0. The number of guanidine groups is 4. The number of rotatable bonds is 29. The fourth-order valence-electron chi connectivity index (χ4n) is 8.48. The molecule has 21 N–H and O–H groups in total. The number of nitrogens with zero attached hydrogens (tertiary/aromatic N) is 6. The summed E-state index contributed by atoms with van der Waals surface area (Å²) in [6.07, 6.45) is -0.451. The minimum Gasteiger partial charge on any atom is -0.453 e. The second-order valence-corrected chi connectivity index (χ2v) is 19.1. The zero-order valence-corrected chi connectivity index (χ0v) is 46.1. The van der Waals surface area contributed by atoms with E-state index in [0.717, 1.165) is 11.1 Å². The van der Waals surface area contributed by atoms with Crippen LogP contribution in [-0.2, 0) is 41.9 Å². The lowest BCUT2D eigenvalue weighted by atomic mass is 10.0. The van der Waals surface area contributed by atoms with Crippen molar-refractivity contribution in [2.45, 2.75) is 88.7 Å². The average Bonchev–Trinajstić information content (AvgIpc) is 2.75. The first-order chi connectivity index (χ1) is 40.4. The predicted octanol–water partition coefficient (Wildman–Crippen LogP) is 1.23. The van der Waals surface area contributed by atoms with Crippen LogP contribution in [0.2, 0.25) is 0 Å². The van der Waals surface area contributed by atoms with E-state index in [-0.39, 0.29) is 137 Å². The van der Waals surface area contributed by atoms with Gasteiger partial charge < -0.3 is 86.3 Å². The molecule has 4 aromatic rings. The minimum absolute atomic E-state index is 0.0402. The summed E-state index contributed by atoms with van der Waals surface area (Å²) in [5.74, 6) is -3.20. The summed E-state index contributed by atoms with van der Waals surface area (Å²) in [6, 6.07) is 26.5. The number of carbonyl (C=O) groups is 6. The lowest BCUT2D eigenvalue weighted by molar-refractivity contribution is -0.128. The van der Waals surface area contributed by atoms with E-state index < -0.39 is 60.0 Å². The van der Waals surface area contributed by atoms with E-state index in [1.807, 2.05) is 12.1 Å². The number of anilines is 1. The first-order valence-electron chi connectivity index (χ1n) is 26.8. The van der Waals surface area contributed by atoms with Crippen molar-refractivity contribution >= 4 is 87.2 Å². The smallest absolute Gasteiger partial charge is 0.408 e. The summed E-state index contributed by atoms with van der Waals surface area (Å²) < 4.78 is 17.3. The lowest BCUT2D eigenvalue weighted by Gasteiger charge is -2.23. The number of nitrogens with one attached hydrogen (secondary N) is 5. The highest BCUT2D eigenvalue weighted by atomic mass is 16.6. The Hall–Kier alpha value is -10.5. The van der Waals surface area contributed by atoms with Crippen molar-refractivity contribution in [2.75, 3.05) is 31.5 Å². The van der Waals surface area contributed by atoms with E-state index in [1.165, 1.54) is 6.07 Å². The van der Waals surface area contributed by atoms with Gasteiger partial charge >= 0.3 is 12.2 Å². The number of fused-ring (bicyclic) bond motifs is 4. The molecule has 444 valence electrons. The van der Waals surface area contributed by atoms with Crippen molar-refractivity contribution in [3.63, 3.8) is 0 Å². The third kappa shape index (κ3) is 20.5. The molecule has 28 nitrogen and oxygen atoms in total. The Morgan fingerprint density at radius 3 is 1.39 bits per heavy atom. The second-order valence-electron chi connectivity index (χ2n) is 19.1. The summed E-state index contributed by atoms with van der Waals surface area (Å²) in [5.41, 5.74) is 47.1. The van der Waals surface area contributed by atoms with Crippen LogP contribution in [0.15, 0.2) is 139 Å². The van der Waals surface area contributed by atoms with Crippen LogP contribution in [0.3, 0.4) is 0 Å². The van der Waals surface area contributed by atoms with Crippen molar-refractivity contribution < 1.29 is 42.7 Å². The average molecular weight is 1150 g/mol. The van der Waals surface area contributed by atoms with E-state index in [9.17, 15) is 28.8 Å². The fourth-order valence-corrected chi connectivity index (χ4v) is 8.48. The Morgan fingerprint density at radius 2 is 0.917 bits per heavy atom. The molecule has 84 heavy (non-hydrogen) atoms. The molecule has 6 rings (SSSR count). The van der Waals surface area contributed by atoms with Gasteiger partial charge in [0.05, 0.1) is 11.0 Å². The van der Waals surface area contributed by atoms with E-state index in [4.69, 9.17) is 64.7 Å². The number of nitrogens with two attached hydrogens (primary N) is 8. The maximum Gasteiger partial charge on any atom is 0.408 e. The zero-order valence-electron chi connectivity index (χ0n) is 46.1. The third-order valence-corrected chi connectivity index (χ3v) is 12.5. The zero-order chi connectivity index (χ0) is 60.4. The van der Waals surface area contributed by atoms with Gasteiger partial charge in [0.1, 0.15) is 48.6 Å². The first kappa shape index (κ1) is 62.7. The maximum absolute atomic E-state index is 14.5. The second kappa shape index (κ2) is 32.0. The van der Waals surface area contributed by atoms with Crippen molar-refractivity contribution in [1.29, 1.82) is 0 Å². The molecule has 1 heterocycles. The Labute approximate surface area is 482 Å². The van der Waals surface area contributed by atoms with Crippen molar-refractivity contribution in [2.24, 2.45) is 70.8 Å². The molecule has 0 aromatic heterocycles. The highest BCUT2D eigenvalue weighted by molar-refractivity contribution is 6.13. The van der Waals surface area contributed by atoms with Crippen LogP contribution in [-0.4, -0.2) is 115 Å². The van der Waals surface area contributed by atoms with Crippen LogP contribution in [0.4, 0.5) is 15.3 Å². The number of hydrogen-bond acceptors (Lipinski definition) is 14. The number of alkyl carbamates (subject to hydrolysis) is 2. The van der Waals surface area contributed by atoms with E-state index >= 15 is 0 Å². The number of ether oxygens (including phenoxy) is 2. The van der Waals surface area contributed by atoms with E-state index in [0.29, 0.717) is 22.0 Å². The van der Waals surface area contributed by atoms with Gasteiger partial charge in [-0.3, -0.25) is 39.1 Å². The molecule has 2 aliphatic rings. The van der Waals surface area contributed by atoms with Gasteiger partial charge in [-0.05, 0) is 74.6 Å². The Balaban J connectivity index is 1.27. The molecule has 1 aliphatic carbocycles. The molecule has 6 amide bonds. The molecule has 28 heteroatoms. The van der Waals surface area contributed by atoms with Crippen LogP contribution >= 0.6 is 0 Å². The standard InChI is InChI=1S/C56H71N19O9/c57-51(58)65-25-9-19-39(71-49(78)41(21-11-27-67-53(61)62)74-55(80)82-31-33-13-3-1-4-14-33)47(76)69-35-23-24-38-44(29-35)84-45-30-43(36-17-7-8-18-37(36)46(45)70-38)73-48(77)40(20-10-26-66-52(59)60)72-50(79)42(22-12-28-68-54(63)64)75-56(81)83-32-34-15-5-2-6-16-34/h1-8,13-18,23-24,29-30,39-42H,9-12,19-22,25-28,31-32H2,(H,71,78)(H,72,79)(H,73,77)(H,74,80)(H,75,81)(H4,57,58,65)(H4,59,60,66)(H4,61,62,67)(H4,63,64,68). The fraction of sp³-hybridized carbons (Fsp3) is 0.321. The molecule has 4 unspecified atom stereocenters. The van der Waals surface area contributed by atoms with Gasteiger partial charge in [0, 0.05) is 49.1 Å². The Kier molecular flexibility index (Phi) is 23.9. The summed E-state index contributed by atoms with van der Waals surface area (Å²) in [5, 5.41) is 15.0. The van der Waals surface area contributed by atoms with Crippen LogP contribution < -0.4 is 77.8 Å². The number of benzene rings is 5. The molecule has 0 spiro atoms. The Bertz CT molecular complexity index is 3380. The molecular formula is C56H71N19O9. The van der Waals surface area contributed by atoms with Crippen molar-refractivity contribution in [3.8, 4) is 11.5 Å². The number of amides is 6. The normalized spacial score (nSPS) is 12.5. The lowest BCUT2D eigenvalue weighted by Crippen LogP contribution is -2.52. The maximum atomic E-state index is 14.5. The summed E-state index contributed by atoms with van der Waals surface area (Å²) in [4.78, 5) is 108. The molecule has 4 atom stereocenters. The van der Waals surface area contributed by atoms with Gasteiger partial charge in [-0.1, -0.05) is 84.9 Å². The largest absolute Gasteiger partial charge is 0.453 e. The first-order valence-corrected chi connectivity index (χ1v) is 26.8. The predicted molar refractivity (Wildman–Crippen MR) is 318 cm³/mol. The molecule has 1 aliphatic heterocycles. The summed E-state index contributed by atoms with van der Waals surface area (Å²) in [6.45, 7) is 0.435. The van der Waals surface area contributed by atoms with Crippen LogP contribution in [0.1, 0.15) is 62.5 Å². The van der Waals surface area contributed by atoms with Crippen molar-refractivity contribution in [1.82, 2.24) is 26.3 Å². The molecule has 0 saturated heterocycles. The van der Waals surface area contributed by atoms with E-state index in [2.05, 4.69) is 51.5 Å². The SMILES string of the molecule is NC(N)=NCCCC(NC(=O)C(CCCN=C(N)N)NC(=O)OCc1ccccc1)C(=O)N=c1ccc2nc3c(cc(NC(=O)C(CCCN=C(N)N)NC(=O)C(CCCN=C(N)N)NC(=O)OCc4ccccc4)c4ccccc43)oc-2c1. The highest BCUT2D eigenvalue weighted by Crippen LogP contribution is 2.34. The molecule has 4 aromatic carbocycles. The van der Waals surface area contributed by atoms with Gasteiger partial charge in [0.15, 0.2) is 35.2 Å². The van der Waals surface area contributed by atoms with Gasteiger partial charge in [0.2, 0.25) is 17.7 Å². The highest BCUT2D eigenvalue weighted by Gasteiger charge is 2.30. The quantitative estimate of drug-likeness (QED) is 0.0103. The number of aromatic nitrogens is 1. The van der Waals surface area contributed by atoms with E-state index in [1.54, 1.807) is 91.0 Å². The minimum atomic E-state index is -1.23. The molecular weight excluding hydrogens is 1080 g/mol.